The van der Waals surface area contributed by atoms with Crippen LogP contribution in [0.5, 0.6) is 23.0 Å². The minimum Gasteiger partial charge on any atom is -0.493 e. The summed E-state index contributed by atoms with van der Waals surface area (Å²) in [6, 6.07) is 8.17. The van der Waals surface area contributed by atoms with E-state index in [0.717, 1.165) is 83.8 Å². The molecule has 0 saturated carbocycles. The fraction of sp³-hybridized carbons (Fsp3) is 0.743. The maximum absolute atomic E-state index is 6.61. The maximum atomic E-state index is 6.61. The third-order valence-corrected chi connectivity index (χ3v) is 15.0. The van der Waals surface area contributed by atoms with E-state index in [1.165, 1.54) is 244 Å². The smallest absolute Gasteiger partial charge is 0.135 e. The SMILES string of the molecule is C#Cc1cc(OCCCCCCCC)c(C=Cc2cc(OCCCCCCCCCCCCCCCCCC)c(C#C)cc2OCCCCCCCCCCCCCCCCCC)cc1OCCCCCCCC. The summed E-state index contributed by atoms with van der Waals surface area (Å²) in [5.41, 5.74) is 3.36. The summed E-state index contributed by atoms with van der Waals surface area (Å²) < 4.78 is 26.0. The summed E-state index contributed by atoms with van der Waals surface area (Å²) in [5, 5.41) is 0. The number of hydrogen-bond donors (Lipinski definition) is 0. The molecule has 0 aliphatic rings. The Labute approximate surface area is 459 Å². The first-order valence-corrected chi connectivity index (χ1v) is 32.1. The molecule has 0 saturated heterocycles. The minimum atomic E-state index is 0.646. The molecule has 0 aliphatic carbocycles. The van der Waals surface area contributed by atoms with Crippen molar-refractivity contribution >= 4 is 12.2 Å². The van der Waals surface area contributed by atoms with Gasteiger partial charge in [0.05, 0.1) is 37.6 Å². The zero-order valence-electron chi connectivity index (χ0n) is 49.2. The van der Waals surface area contributed by atoms with Crippen LogP contribution in [0.25, 0.3) is 12.2 Å². The van der Waals surface area contributed by atoms with Crippen molar-refractivity contribution in [1.82, 2.24) is 0 Å². The van der Waals surface area contributed by atoms with Crippen molar-refractivity contribution in [2.75, 3.05) is 26.4 Å². The highest BCUT2D eigenvalue weighted by atomic mass is 16.5. The van der Waals surface area contributed by atoms with E-state index in [0.29, 0.717) is 26.4 Å². The van der Waals surface area contributed by atoms with E-state index in [9.17, 15) is 0 Å². The van der Waals surface area contributed by atoms with Crippen molar-refractivity contribution in [3.63, 3.8) is 0 Å². The molecule has 74 heavy (non-hydrogen) atoms. The molecule has 0 aromatic heterocycles. The van der Waals surface area contributed by atoms with Crippen LogP contribution in [0.1, 0.15) is 332 Å². The monoisotopic (exact) mass is 1020 g/mol. The topological polar surface area (TPSA) is 36.9 Å². The average molecular weight is 1020 g/mol. The molecule has 0 spiro atoms. The fourth-order valence-electron chi connectivity index (χ4n) is 10.1. The molecule has 0 radical (unpaired) electrons. The standard InChI is InChI=1S/C70H116O4/c1-7-13-17-21-25-27-29-31-33-35-37-39-41-43-47-51-56-72-68-62-66(70(60-64(68)12-6)74-58-52-48-44-42-40-38-36-34-32-30-28-26-22-18-14-8-2)54-53-65-61-67(71-55-49-45-23-19-15-9-3)63(11-5)59-69(65)73-57-50-46-24-20-16-10-4/h5-6,53-54,59-62H,7-10,13-52,55-58H2,1-4H3. The predicted molar refractivity (Wildman–Crippen MR) is 326 cm³/mol. The van der Waals surface area contributed by atoms with Gasteiger partial charge < -0.3 is 18.9 Å². The van der Waals surface area contributed by atoms with Crippen LogP contribution in [0.3, 0.4) is 0 Å². The van der Waals surface area contributed by atoms with Crippen LogP contribution in [-0.2, 0) is 0 Å². The van der Waals surface area contributed by atoms with E-state index in [-0.39, 0.29) is 0 Å². The van der Waals surface area contributed by atoms with Crippen LogP contribution in [0.4, 0.5) is 0 Å². The molecule has 0 bridgehead atoms. The molecule has 0 aliphatic heterocycles. The first kappa shape index (κ1) is 66.6. The lowest BCUT2D eigenvalue weighted by Crippen LogP contribution is -2.04. The van der Waals surface area contributed by atoms with Gasteiger partial charge in [-0.05, 0) is 37.8 Å². The summed E-state index contributed by atoms with van der Waals surface area (Å²) in [7, 11) is 0. The van der Waals surface area contributed by atoms with Crippen molar-refractivity contribution in [2.24, 2.45) is 0 Å². The molecule has 0 fully saturated rings. The van der Waals surface area contributed by atoms with Crippen LogP contribution in [0, 0.1) is 24.7 Å². The summed E-state index contributed by atoms with van der Waals surface area (Å²) in [5.74, 6) is 8.88. The lowest BCUT2D eigenvalue weighted by Gasteiger charge is -2.16. The Kier molecular flexibility index (Phi) is 45.3. The van der Waals surface area contributed by atoms with Crippen LogP contribution < -0.4 is 18.9 Å². The first-order chi connectivity index (χ1) is 36.6. The van der Waals surface area contributed by atoms with Gasteiger partial charge in [0.25, 0.3) is 0 Å². The molecule has 2 aromatic carbocycles. The van der Waals surface area contributed by atoms with E-state index in [2.05, 4.69) is 63.8 Å². The Bertz CT molecular complexity index is 1690. The van der Waals surface area contributed by atoms with Gasteiger partial charge in [-0.3, -0.25) is 0 Å². The third-order valence-electron chi connectivity index (χ3n) is 15.0. The van der Waals surface area contributed by atoms with Gasteiger partial charge in [-0.1, -0.05) is 309 Å². The second-order valence-corrected chi connectivity index (χ2v) is 21.9. The molecule has 4 heteroatoms. The van der Waals surface area contributed by atoms with Gasteiger partial charge in [0, 0.05) is 23.3 Å². The molecule has 2 aromatic rings. The van der Waals surface area contributed by atoms with Crippen LogP contribution in [0.2, 0.25) is 0 Å². The van der Waals surface area contributed by atoms with Gasteiger partial charge in [-0.2, -0.15) is 0 Å². The molecular formula is C70H116O4. The highest BCUT2D eigenvalue weighted by Gasteiger charge is 2.14. The van der Waals surface area contributed by atoms with Gasteiger partial charge in [0.15, 0.2) is 0 Å². The summed E-state index contributed by atoms with van der Waals surface area (Å²) >= 11 is 0. The summed E-state index contributed by atoms with van der Waals surface area (Å²) in [6.45, 7) is 11.7. The Balaban J connectivity index is 2.09. The lowest BCUT2D eigenvalue weighted by molar-refractivity contribution is 0.295. The zero-order chi connectivity index (χ0) is 53.0. The van der Waals surface area contributed by atoms with Gasteiger partial charge in [0.2, 0.25) is 0 Å². The second-order valence-electron chi connectivity index (χ2n) is 21.9. The van der Waals surface area contributed by atoms with E-state index in [1.54, 1.807) is 0 Å². The first-order valence-electron chi connectivity index (χ1n) is 32.1. The van der Waals surface area contributed by atoms with Gasteiger partial charge in [-0.25, -0.2) is 0 Å². The van der Waals surface area contributed by atoms with Gasteiger partial charge in [0.1, 0.15) is 23.0 Å². The molecule has 0 amide bonds. The second kappa shape index (κ2) is 50.3. The van der Waals surface area contributed by atoms with Crippen LogP contribution in [0.15, 0.2) is 24.3 Å². The maximum Gasteiger partial charge on any atom is 0.135 e. The Hall–Kier alpha value is -3.50. The van der Waals surface area contributed by atoms with Crippen molar-refractivity contribution in [3.8, 4) is 47.7 Å². The van der Waals surface area contributed by atoms with Crippen molar-refractivity contribution in [1.29, 1.82) is 0 Å². The van der Waals surface area contributed by atoms with E-state index in [1.807, 2.05) is 12.1 Å². The number of hydrogen-bond acceptors (Lipinski definition) is 4. The minimum absolute atomic E-state index is 0.646. The van der Waals surface area contributed by atoms with Gasteiger partial charge in [-0.15, -0.1) is 12.8 Å². The van der Waals surface area contributed by atoms with Gasteiger partial charge >= 0.3 is 0 Å². The fourth-order valence-corrected chi connectivity index (χ4v) is 10.1. The predicted octanol–water partition coefficient (Wildman–Crippen LogP) is 22.6. The molecule has 0 N–H and O–H groups in total. The van der Waals surface area contributed by atoms with E-state index < -0.39 is 0 Å². The molecule has 420 valence electrons. The van der Waals surface area contributed by atoms with Crippen molar-refractivity contribution in [3.05, 3.63) is 46.5 Å². The van der Waals surface area contributed by atoms with E-state index in [4.69, 9.17) is 31.8 Å². The highest BCUT2D eigenvalue weighted by molar-refractivity contribution is 5.78. The molecule has 0 atom stereocenters. The summed E-state index contributed by atoms with van der Waals surface area (Å²) in [4.78, 5) is 0. The largest absolute Gasteiger partial charge is 0.493 e. The normalized spacial score (nSPS) is 11.3. The number of unbranched alkanes of at least 4 members (excludes halogenated alkanes) is 40. The zero-order valence-corrected chi connectivity index (χ0v) is 49.2. The Morgan fingerprint density at radius 1 is 0.270 bits per heavy atom. The lowest BCUT2D eigenvalue weighted by atomic mass is 10.0. The van der Waals surface area contributed by atoms with Crippen LogP contribution >= 0.6 is 0 Å². The molecule has 4 nitrogen and oxygen atoms in total. The highest BCUT2D eigenvalue weighted by Crippen LogP contribution is 2.35. The number of benzene rings is 2. The number of terminal acetylenes is 2. The Morgan fingerprint density at radius 2 is 0.459 bits per heavy atom. The number of rotatable bonds is 54. The molecular weight excluding hydrogens is 905 g/mol. The molecule has 2 rings (SSSR count). The molecule has 0 heterocycles. The third kappa shape index (κ3) is 35.7. The summed E-state index contributed by atoms with van der Waals surface area (Å²) in [6.07, 6.45) is 74.2. The average Bonchev–Trinajstić information content (AvgIpc) is 3.41. The number of ether oxygens (including phenoxy) is 4. The Morgan fingerprint density at radius 3 is 0.662 bits per heavy atom. The van der Waals surface area contributed by atoms with E-state index >= 15 is 0 Å². The van der Waals surface area contributed by atoms with Crippen LogP contribution in [-0.4, -0.2) is 26.4 Å². The quantitative estimate of drug-likeness (QED) is 0.0376. The van der Waals surface area contributed by atoms with Crippen molar-refractivity contribution in [2.45, 2.75) is 310 Å². The van der Waals surface area contributed by atoms with Crippen molar-refractivity contribution < 1.29 is 18.9 Å². The molecule has 0 unspecified atom stereocenters.